The van der Waals surface area contributed by atoms with E-state index in [2.05, 4.69) is 22.8 Å². The number of hydrogen-bond acceptors (Lipinski definition) is 3. The van der Waals surface area contributed by atoms with Gasteiger partial charge in [0.1, 0.15) is 0 Å². The Morgan fingerprint density at radius 3 is 2.78 bits per heavy atom. The lowest BCUT2D eigenvalue weighted by Gasteiger charge is -2.25. The van der Waals surface area contributed by atoms with E-state index in [0.717, 1.165) is 18.5 Å². The summed E-state index contributed by atoms with van der Waals surface area (Å²) in [5.41, 5.74) is 3.53. The van der Waals surface area contributed by atoms with Crippen molar-refractivity contribution in [3.05, 3.63) is 48.0 Å². The zero-order valence-electron chi connectivity index (χ0n) is 15.0. The molecule has 138 valence electrons. The van der Waals surface area contributed by atoms with Crippen LogP contribution in [0.4, 0.5) is 21.9 Å². The van der Waals surface area contributed by atoms with Crippen molar-refractivity contribution in [3.8, 4) is 5.75 Å². The molecule has 0 atom stereocenters. The fourth-order valence-electron chi connectivity index (χ4n) is 4.69. The van der Waals surface area contributed by atoms with Gasteiger partial charge < -0.3 is 15.4 Å². The van der Waals surface area contributed by atoms with Crippen molar-refractivity contribution < 1.29 is 14.3 Å². The standard InChI is InChI=1S/C21H21N3O3/c25-18-12-27-19-15(22-18)7-5-8-16(19)23-20(26)24-13-21(10-3-4-11-21)14-6-1-2-9-17(14)24/h1-2,5-9H,3-4,10-13H2,(H,22,25)(H,23,26). The number of amides is 3. The van der Waals surface area contributed by atoms with E-state index in [-0.39, 0.29) is 24.0 Å². The van der Waals surface area contributed by atoms with Gasteiger partial charge in [-0.1, -0.05) is 37.1 Å². The van der Waals surface area contributed by atoms with Crippen LogP contribution >= 0.6 is 0 Å². The summed E-state index contributed by atoms with van der Waals surface area (Å²) in [4.78, 5) is 26.5. The molecular weight excluding hydrogens is 342 g/mol. The number of rotatable bonds is 1. The number of ether oxygens (including phenoxy) is 1. The van der Waals surface area contributed by atoms with Gasteiger partial charge in [-0.2, -0.15) is 0 Å². The highest BCUT2D eigenvalue weighted by Gasteiger charge is 2.46. The van der Waals surface area contributed by atoms with E-state index >= 15 is 0 Å². The largest absolute Gasteiger partial charge is 0.479 e. The Bertz CT molecular complexity index is 934. The second-order valence-electron chi connectivity index (χ2n) is 7.54. The molecule has 5 rings (SSSR count). The summed E-state index contributed by atoms with van der Waals surface area (Å²) in [7, 11) is 0. The van der Waals surface area contributed by atoms with Crippen molar-refractivity contribution in [2.24, 2.45) is 0 Å². The molecule has 6 nitrogen and oxygen atoms in total. The van der Waals surface area contributed by atoms with Crippen LogP contribution in [0.1, 0.15) is 31.2 Å². The van der Waals surface area contributed by atoms with E-state index in [1.165, 1.54) is 18.4 Å². The van der Waals surface area contributed by atoms with Crippen LogP contribution in [0.3, 0.4) is 0 Å². The number of benzene rings is 2. The summed E-state index contributed by atoms with van der Waals surface area (Å²) in [5.74, 6) is 0.316. The van der Waals surface area contributed by atoms with Gasteiger partial charge in [0.15, 0.2) is 12.4 Å². The van der Waals surface area contributed by atoms with Crippen molar-refractivity contribution in [1.29, 1.82) is 0 Å². The number of para-hydroxylation sites is 2. The van der Waals surface area contributed by atoms with Crippen molar-refractivity contribution in [1.82, 2.24) is 0 Å². The van der Waals surface area contributed by atoms with Crippen LogP contribution in [-0.4, -0.2) is 25.1 Å². The molecule has 2 aliphatic heterocycles. The predicted molar refractivity (Wildman–Crippen MR) is 104 cm³/mol. The van der Waals surface area contributed by atoms with Gasteiger partial charge in [0.25, 0.3) is 5.91 Å². The highest BCUT2D eigenvalue weighted by Crippen LogP contribution is 2.50. The summed E-state index contributed by atoms with van der Waals surface area (Å²) >= 11 is 0. The zero-order chi connectivity index (χ0) is 18.4. The maximum absolute atomic E-state index is 13.1. The molecule has 3 aliphatic rings. The van der Waals surface area contributed by atoms with E-state index in [1.807, 2.05) is 17.0 Å². The summed E-state index contributed by atoms with van der Waals surface area (Å²) < 4.78 is 5.55. The molecule has 3 amide bonds. The normalized spacial score (nSPS) is 19.3. The molecule has 2 aromatic carbocycles. The molecule has 1 aliphatic carbocycles. The minimum absolute atomic E-state index is 0.0461. The fourth-order valence-corrected chi connectivity index (χ4v) is 4.69. The van der Waals surface area contributed by atoms with Gasteiger partial charge in [-0.3, -0.25) is 9.69 Å². The Kier molecular flexibility index (Phi) is 3.60. The molecule has 2 heterocycles. The number of carbonyl (C=O) groups is 2. The Balaban J connectivity index is 1.45. The van der Waals surface area contributed by atoms with Gasteiger partial charge >= 0.3 is 6.03 Å². The van der Waals surface area contributed by atoms with E-state index in [0.29, 0.717) is 23.7 Å². The molecule has 1 spiro atoms. The van der Waals surface area contributed by atoms with E-state index in [1.54, 1.807) is 18.2 Å². The SMILES string of the molecule is O=C1COc2c(cccc2NC(=O)N2CC3(CCCC3)c3ccccc32)N1. The third-order valence-electron chi connectivity index (χ3n) is 5.91. The van der Waals surface area contributed by atoms with Crippen LogP contribution in [0.25, 0.3) is 0 Å². The molecule has 0 bridgehead atoms. The first kappa shape index (κ1) is 16.2. The van der Waals surface area contributed by atoms with Gasteiger partial charge in [0, 0.05) is 17.6 Å². The number of urea groups is 1. The van der Waals surface area contributed by atoms with Crippen molar-refractivity contribution in [2.75, 3.05) is 28.7 Å². The van der Waals surface area contributed by atoms with Crippen LogP contribution in [0.15, 0.2) is 42.5 Å². The lowest BCUT2D eigenvalue weighted by Crippen LogP contribution is -2.38. The van der Waals surface area contributed by atoms with Crippen molar-refractivity contribution >= 4 is 29.0 Å². The van der Waals surface area contributed by atoms with Crippen LogP contribution in [0, 0.1) is 0 Å². The number of carbonyl (C=O) groups excluding carboxylic acids is 2. The van der Waals surface area contributed by atoms with Crippen LogP contribution in [0.2, 0.25) is 0 Å². The second-order valence-corrected chi connectivity index (χ2v) is 7.54. The molecule has 1 saturated carbocycles. The first-order chi connectivity index (χ1) is 13.2. The Labute approximate surface area is 157 Å². The third kappa shape index (κ3) is 2.55. The van der Waals surface area contributed by atoms with E-state index in [4.69, 9.17) is 4.74 Å². The molecule has 2 N–H and O–H groups in total. The van der Waals surface area contributed by atoms with Crippen LogP contribution < -0.4 is 20.3 Å². The van der Waals surface area contributed by atoms with Crippen LogP contribution in [0.5, 0.6) is 5.75 Å². The smallest absolute Gasteiger partial charge is 0.326 e. The minimum Gasteiger partial charge on any atom is -0.479 e. The molecular formula is C21H21N3O3. The quantitative estimate of drug-likeness (QED) is 0.808. The highest BCUT2D eigenvalue weighted by molar-refractivity contribution is 6.06. The van der Waals surface area contributed by atoms with Gasteiger partial charge in [-0.15, -0.1) is 0 Å². The molecule has 0 aromatic heterocycles. The summed E-state index contributed by atoms with van der Waals surface area (Å²) in [6.45, 7) is 0.667. The van der Waals surface area contributed by atoms with Gasteiger partial charge in [-0.05, 0) is 36.6 Å². The molecule has 0 radical (unpaired) electrons. The Morgan fingerprint density at radius 2 is 1.93 bits per heavy atom. The molecule has 0 unspecified atom stereocenters. The zero-order valence-corrected chi connectivity index (χ0v) is 15.0. The highest BCUT2D eigenvalue weighted by atomic mass is 16.5. The average molecular weight is 363 g/mol. The number of hydrogen-bond donors (Lipinski definition) is 2. The van der Waals surface area contributed by atoms with Crippen LogP contribution in [-0.2, 0) is 10.2 Å². The summed E-state index contributed by atoms with van der Waals surface area (Å²) in [6, 6.07) is 13.4. The fraction of sp³-hybridized carbons (Fsp3) is 0.333. The number of anilines is 3. The van der Waals surface area contributed by atoms with Crippen molar-refractivity contribution in [2.45, 2.75) is 31.1 Å². The van der Waals surface area contributed by atoms with E-state index < -0.39 is 0 Å². The van der Waals surface area contributed by atoms with Gasteiger partial charge in [0.2, 0.25) is 0 Å². The molecule has 27 heavy (non-hydrogen) atoms. The Morgan fingerprint density at radius 1 is 1.11 bits per heavy atom. The average Bonchev–Trinajstić information content (AvgIpc) is 3.28. The second kappa shape index (κ2) is 6.01. The molecule has 0 saturated heterocycles. The third-order valence-corrected chi connectivity index (χ3v) is 5.91. The minimum atomic E-state index is -0.192. The monoisotopic (exact) mass is 363 g/mol. The topological polar surface area (TPSA) is 70.7 Å². The summed E-state index contributed by atoms with van der Waals surface area (Å²) in [5, 5.41) is 5.75. The van der Waals surface area contributed by atoms with E-state index in [9.17, 15) is 9.59 Å². The predicted octanol–water partition coefficient (Wildman–Crippen LogP) is 3.88. The lowest BCUT2D eigenvalue weighted by atomic mass is 9.81. The molecule has 1 fully saturated rings. The first-order valence-electron chi connectivity index (χ1n) is 9.40. The number of nitrogens with one attached hydrogen (secondary N) is 2. The maximum atomic E-state index is 13.1. The summed E-state index contributed by atoms with van der Waals surface area (Å²) in [6.07, 6.45) is 4.68. The molecule has 6 heteroatoms. The number of fused-ring (bicyclic) bond motifs is 3. The number of nitrogens with zero attached hydrogens (tertiary/aromatic N) is 1. The Hall–Kier alpha value is -3.02. The maximum Gasteiger partial charge on any atom is 0.326 e. The van der Waals surface area contributed by atoms with Gasteiger partial charge in [-0.25, -0.2) is 4.79 Å². The molecule has 2 aromatic rings. The van der Waals surface area contributed by atoms with Gasteiger partial charge in [0.05, 0.1) is 11.4 Å². The lowest BCUT2D eigenvalue weighted by molar-refractivity contribution is -0.118. The van der Waals surface area contributed by atoms with Crippen molar-refractivity contribution in [3.63, 3.8) is 0 Å². The first-order valence-corrected chi connectivity index (χ1v) is 9.40.